The van der Waals surface area contributed by atoms with Crippen LogP contribution in [0, 0.1) is 0 Å². The highest BCUT2D eigenvalue weighted by Crippen LogP contribution is 2.27. The number of carbonyl (C=O) groups is 2. The third-order valence-corrected chi connectivity index (χ3v) is 5.02. The molecule has 1 saturated heterocycles. The van der Waals surface area contributed by atoms with Crippen LogP contribution in [0.4, 0.5) is 4.79 Å². The lowest BCUT2D eigenvalue weighted by atomic mass is 10.1. The molecule has 0 spiro atoms. The number of aromatic nitrogens is 2. The van der Waals surface area contributed by atoms with E-state index in [9.17, 15) is 9.59 Å². The minimum Gasteiger partial charge on any atom is -0.326 e. The second-order valence-electron chi connectivity index (χ2n) is 6.62. The van der Waals surface area contributed by atoms with Gasteiger partial charge in [-0.15, -0.1) is 0 Å². The van der Waals surface area contributed by atoms with E-state index in [0.717, 1.165) is 16.8 Å². The first kappa shape index (κ1) is 18.3. The molecule has 7 heteroatoms. The Morgan fingerprint density at radius 1 is 1.07 bits per heavy atom. The number of rotatable bonds is 5. The van der Waals surface area contributed by atoms with Crippen molar-refractivity contribution in [1.29, 1.82) is 0 Å². The molecule has 6 nitrogen and oxygen atoms in total. The van der Waals surface area contributed by atoms with Crippen LogP contribution in [0.15, 0.2) is 60.8 Å². The number of benzene rings is 2. The summed E-state index contributed by atoms with van der Waals surface area (Å²) < 4.78 is 1.76. The highest BCUT2D eigenvalue weighted by Gasteiger charge is 2.37. The molecule has 1 N–H and O–H groups in total. The van der Waals surface area contributed by atoms with Gasteiger partial charge in [-0.2, -0.15) is 5.10 Å². The molecule has 1 aliphatic heterocycles. The molecule has 3 amide bonds. The maximum absolute atomic E-state index is 12.5. The number of nitrogens with one attached hydrogen (secondary N) is 1. The Balaban J connectivity index is 1.74. The summed E-state index contributed by atoms with van der Waals surface area (Å²) in [5.74, 6) is -0.206. The largest absolute Gasteiger partial charge is 0.326 e. The molecular weight excluding hydrogens is 376 g/mol. The molecule has 0 aliphatic carbocycles. The highest BCUT2D eigenvalue weighted by atomic mass is 35.5. The summed E-state index contributed by atoms with van der Waals surface area (Å²) >= 11 is 6.02. The van der Waals surface area contributed by atoms with Gasteiger partial charge in [0.15, 0.2) is 0 Å². The first-order valence-corrected chi connectivity index (χ1v) is 9.46. The molecule has 1 fully saturated rings. The van der Waals surface area contributed by atoms with E-state index in [4.69, 9.17) is 16.7 Å². The number of hydrogen-bond acceptors (Lipinski definition) is 3. The van der Waals surface area contributed by atoms with Crippen molar-refractivity contribution in [3.63, 3.8) is 0 Å². The molecule has 0 radical (unpaired) electrons. The number of carbonyl (C=O) groups excluding carboxylic acids is 2. The number of urea groups is 1. The zero-order valence-electron chi connectivity index (χ0n) is 15.3. The van der Waals surface area contributed by atoms with E-state index in [2.05, 4.69) is 5.32 Å². The van der Waals surface area contributed by atoms with Crippen molar-refractivity contribution in [3.05, 3.63) is 71.4 Å². The number of para-hydroxylation sites is 1. The molecule has 0 unspecified atom stereocenters. The summed E-state index contributed by atoms with van der Waals surface area (Å²) in [4.78, 5) is 26.0. The molecule has 142 valence electrons. The Labute approximate surface area is 167 Å². The fraction of sp³-hybridized carbons (Fsp3) is 0.190. The second-order valence-corrected chi connectivity index (χ2v) is 7.06. The lowest BCUT2D eigenvalue weighted by molar-refractivity contribution is -0.127. The molecule has 2 aromatic carbocycles. The van der Waals surface area contributed by atoms with Crippen molar-refractivity contribution >= 4 is 23.5 Å². The van der Waals surface area contributed by atoms with E-state index >= 15 is 0 Å². The standard InChI is InChI=1S/C21H19ClN4O2/c1-2-18-20(27)25(21(28)23-18)12-15-13-26(17-6-4-3-5-7-17)24-19(15)14-8-10-16(22)11-9-14/h3-11,13,18H,2,12H2,1H3,(H,23,28)/t18-/m1/s1. The van der Waals surface area contributed by atoms with Crippen LogP contribution in [0.1, 0.15) is 18.9 Å². The summed E-state index contributed by atoms with van der Waals surface area (Å²) in [6.07, 6.45) is 2.42. The van der Waals surface area contributed by atoms with Crippen LogP contribution >= 0.6 is 11.6 Å². The Hall–Kier alpha value is -3.12. The van der Waals surface area contributed by atoms with Gasteiger partial charge in [-0.05, 0) is 30.7 Å². The van der Waals surface area contributed by atoms with Crippen molar-refractivity contribution in [2.24, 2.45) is 0 Å². The number of hydrogen-bond donors (Lipinski definition) is 1. The van der Waals surface area contributed by atoms with Crippen molar-refractivity contribution < 1.29 is 9.59 Å². The Bertz CT molecular complexity index is 1010. The monoisotopic (exact) mass is 394 g/mol. The fourth-order valence-corrected chi connectivity index (χ4v) is 3.39. The van der Waals surface area contributed by atoms with E-state index < -0.39 is 6.04 Å². The third-order valence-electron chi connectivity index (χ3n) is 4.77. The maximum atomic E-state index is 12.5. The summed E-state index contributed by atoms with van der Waals surface area (Å²) in [6, 6.07) is 16.2. The van der Waals surface area contributed by atoms with Crippen LogP contribution in [0.25, 0.3) is 16.9 Å². The zero-order chi connectivity index (χ0) is 19.7. The maximum Gasteiger partial charge on any atom is 0.325 e. The van der Waals surface area contributed by atoms with E-state index in [1.54, 1.807) is 16.8 Å². The predicted molar refractivity (Wildman–Crippen MR) is 107 cm³/mol. The molecule has 0 saturated carbocycles. The van der Waals surface area contributed by atoms with Gasteiger partial charge < -0.3 is 5.32 Å². The van der Waals surface area contributed by atoms with Gasteiger partial charge in [-0.25, -0.2) is 9.48 Å². The minimum absolute atomic E-state index is 0.159. The molecule has 28 heavy (non-hydrogen) atoms. The number of halogens is 1. The summed E-state index contributed by atoms with van der Waals surface area (Å²) in [6.45, 7) is 2.03. The Morgan fingerprint density at radius 2 is 1.79 bits per heavy atom. The third kappa shape index (κ3) is 3.39. The molecule has 1 aliphatic rings. The SMILES string of the molecule is CC[C@H]1NC(=O)N(Cc2cn(-c3ccccc3)nc2-c2ccc(Cl)cc2)C1=O. The highest BCUT2D eigenvalue weighted by molar-refractivity contribution is 6.30. The van der Waals surface area contributed by atoms with Crippen molar-refractivity contribution in [2.75, 3.05) is 0 Å². The van der Waals surface area contributed by atoms with Gasteiger partial charge in [0.05, 0.1) is 17.9 Å². The smallest absolute Gasteiger partial charge is 0.325 e. The lowest BCUT2D eigenvalue weighted by Crippen LogP contribution is -2.30. The first-order chi connectivity index (χ1) is 13.6. The van der Waals surface area contributed by atoms with Crippen LogP contribution in [0.2, 0.25) is 5.02 Å². The van der Waals surface area contributed by atoms with Crippen molar-refractivity contribution in [3.8, 4) is 16.9 Å². The molecule has 0 bridgehead atoms. The summed E-state index contributed by atoms with van der Waals surface area (Å²) in [5, 5.41) is 8.07. The van der Waals surface area contributed by atoms with Crippen LogP contribution in [-0.4, -0.2) is 32.7 Å². The van der Waals surface area contributed by atoms with Gasteiger partial charge in [0, 0.05) is 22.3 Å². The average molecular weight is 395 g/mol. The number of nitrogens with zero attached hydrogens (tertiary/aromatic N) is 3. The van der Waals surface area contributed by atoms with Crippen LogP contribution in [-0.2, 0) is 11.3 Å². The predicted octanol–water partition coefficient (Wildman–Crippen LogP) is 4.02. The van der Waals surface area contributed by atoms with Gasteiger partial charge in [-0.1, -0.05) is 48.9 Å². The fourth-order valence-electron chi connectivity index (χ4n) is 3.26. The van der Waals surface area contributed by atoms with Crippen molar-refractivity contribution in [1.82, 2.24) is 20.0 Å². The van der Waals surface area contributed by atoms with E-state index in [-0.39, 0.29) is 18.5 Å². The average Bonchev–Trinajstić information content (AvgIpc) is 3.25. The zero-order valence-corrected chi connectivity index (χ0v) is 16.1. The van der Waals surface area contributed by atoms with Crippen LogP contribution < -0.4 is 5.32 Å². The lowest BCUT2D eigenvalue weighted by Gasteiger charge is -2.12. The second kappa shape index (κ2) is 7.48. The molecule has 3 aromatic rings. The van der Waals surface area contributed by atoms with Gasteiger partial charge in [0.2, 0.25) is 0 Å². The van der Waals surface area contributed by atoms with Gasteiger partial charge in [0.25, 0.3) is 5.91 Å². The van der Waals surface area contributed by atoms with Gasteiger partial charge >= 0.3 is 6.03 Å². The minimum atomic E-state index is -0.462. The van der Waals surface area contributed by atoms with E-state index in [1.165, 1.54) is 4.90 Å². The normalized spacial score (nSPS) is 16.5. The Morgan fingerprint density at radius 3 is 2.43 bits per heavy atom. The van der Waals surface area contributed by atoms with Gasteiger partial charge in [0.1, 0.15) is 6.04 Å². The van der Waals surface area contributed by atoms with E-state index in [1.807, 2.05) is 55.6 Å². The van der Waals surface area contributed by atoms with Crippen molar-refractivity contribution in [2.45, 2.75) is 25.9 Å². The Kier molecular flexibility index (Phi) is 4.88. The van der Waals surface area contributed by atoms with Crippen LogP contribution in [0.5, 0.6) is 0 Å². The topological polar surface area (TPSA) is 67.2 Å². The summed E-state index contributed by atoms with van der Waals surface area (Å²) in [7, 11) is 0. The molecule has 2 heterocycles. The molecular formula is C21H19ClN4O2. The van der Waals surface area contributed by atoms with Gasteiger partial charge in [-0.3, -0.25) is 9.69 Å². The molecule has 4 rings (SSSR count). The number of imide groups is 1. The summed E-state index contributed by atoms with van der Waals surface area (Å²) in [5.41, 5.74) is 3.26. The number of amides is 3. The van der Waals surface area contributed by atoms with E-state index in [0.29, 0.717) is 17.1 Å². The first-order valence-electron chi connectivity index (χ1n) is 9.08. The van der Waals surface area contributed by atoms with Crippen LogP contribution in [0.3, 0.4) is 0 Å². The quantitative estimate of drug-likeness (QED) is 0.664. The molecule has 1 atom stereocenters. The molecule has 1 aromatic heterocycles.